The number of benzene rings is 1. The van der Waals surface area contributed by atoms with Crippen LogP contribution >= 0.6 is 23.1 Å². The molecule has 3 heterocycles. The number of carbonyl (C=O) groups is 2. The first-order valence-electron chi connectivity index (χ1n) is 8.23. The summed E-state index contributed by atoms with van der Waals surface area (Å²) in [5, 5.41) is 12.1. The summed E-state index contributed by atoms with van der Waals surface area (Å²) in [6.07, 6.45) is -0.733. The highest BCUT2D eigenvalue weighted by Gasteiger charge is 2.30. The Bertz CT molecular complexity index is 971. The molecule has 1 aromatic carbocycles. The monoisotopic (exact) mass is 401 g/mol. The zero-order chi connectivity index (χ0) is 18.8. The van der Waals surface area contributed by atoms with Crippen LogP contribution in [0.25, 0.3) is 10.8 Å². The topological polar surface area (TPSA) is 94.3 Å². The minimum Gasteiger partial charge on any atom is -0.453 e. The van der Waals surface area contributed by atoms with E-state index < -0.39 is 17.3 Å². The van der Waals surface area contributed by atoms with Gasteiger partial charge in [0.1, 0.15) is 0 Å². The van der Waals surface area contributed by atoms with Crippen LogP contribution in [0.4, 0.5) is 5.69 Å². The number of para-hydroxylation sites is 1. The average molecular weight is 401 g/mol. The lowest BCUT2D eigenvalue weighted by Gasteiger charge is -2.23. The third kappa shape index (κ3) is 3.88. The standard InChI is InChI=1S/C18H15N3O4S2/c1-10(17-20-21-18(25-17)13-7-4-8-26-13)24-15(22)9-14-16(23)19-11-5-2-3-6-12(11)27-14/h2-8,10,14H,9H2,1H3,(H,19,23)/t10-,14+/m1/s1. The van der Waals surface area contributed by atoms with Crippen molar-refractivity contribution in [2.45, 2.75) is 29.6 Å². The van der Waals surface area contributed by atoms with Crippen molar-refractivity contribution in [1.82, 2.24) is 10.2 Å². The molecular weight excluding hydrogens is 386 g/mol. The van der Waals surface area contributed by atoms with E-state index in [0.717, 1.165) is 15.5 Å². The van der Waals surface area contributed by atoms with Gasteiger partial charge in [-0.15, -0.1) is 33.3 Å². The molecule has 1 aliphatic heterocycles. The summed E-state index contributed by atoms with van der Waals surface area (Å²) < 4.78 is 11.0. The molecule has 1 N–H and O–H groups in total. The Balaban J connectivity index is 1.37. The highest BCUT2D eigenvalue weighted by Crippen LogP contribution is 2.37. The number of anilines is 1. The Morgan fingerprint density at radius 2 is 2.15 bits per heavy atom. The van der Waals surface area contributed by atoms with Crippen LogP contribution in [0.15, 0.2) is 51.1 Å². The Morgan fingerprint density at radius 3 is 2.96 bits per heavy atom. The van der Waals surface area contributed by atoms with E-state index in [1.54, 1.807) is 6.92 Å². The lowest BCUT2D eigenvalue weighted by atomic mass is 10.2. The van der Waals surface area contributed by atoms with E-state index in [-0.39, 0.29) is 18.2 Å². The number of rotatable bonds is 5. The maximum absolute atomic E-state index is 12.3. The zero-order valence-electron chi connectivity index (χ0n) is 14.2. The van der Waals surface area contributed by atoms with E-state index >= 15 is 0 Å². The van der Waals surface area contributed by atoms with E-state index in [4.69, 9.17) is 9.15 Å². The van der Waals surface area contributed by atoms with Gasteiger partial charge in [-0.25, -0.2) is 0 Å². The molecule has 1 aliphatic rings. The Hall–Kier alpha value is -2.65. The number of hydrogen-bond acceptors (Lipinski definition) is 8. The highest BCUT2D eigenvalue weighted by atomic mass is 32.2. The molecule has 138 valence electrons. The molecule has 2 aromatic heterocycles. The number of ether oxygens (including phenoxy) is 1. The number of amides is 1. The van der Waals surface area contributed by atoms with Crippen molar-refractivity contribution in [1.29, 1.82) is 0 Å². The molecule has 0 bridgehead atoms. The van der Waals surface area contributed by atoms with Crippen molar-refractivity contribution in [2.75, 3.05) is 5.32 Å². The summed E-state index contributed by atoms with van der Waals surface area (Å²) in [4.78, 5) is 26.3. The number of nitrogens with one attached hydrogen (secondary N) is 1. The molecule has 0 saturated heterocycles. The SMILES string of the molecule is C[C@@H](OC(=O)C[C@@H]1Sc2ccccc2NC1=O)c1nnc(-c2cccs2)o1. The normalized spacial score (nSPS) is 17.1. The van der Waals surface area contributed by atoms with Crippen LogP contribution in [-0.4, -0.2) is 27.3 Å². The lowest BCUT2D eigenvalue weighted by molar-refractivity contribution is -0.150. The molecule has 9 heteroatoms. The summed E-state index contributed by atoms with van der Waals surface area (Å²) >= 11 is 2.84. The Labute approximate surface area is 163 Å². The van der Waals surface area contributed by atoms with Crippen LogP contribution in [0.5, 0.6) is 0 Å². The second kappa shape index (κ2) is 7.53. The first-order valence-corrected chi connectivity index (χ1v) is 9.99. The maximum atomic E-state index is 12.3. The number of hydrogen-bond donors (Lipinski definition) is 1. The van der Waals surface area contributed by atoms with Crippen LogP contribution in [0, 0.1) is 0 Å². The maximum Gasteiger partial charge on any atom is 0.308 e. The fraction of sp³-hybridized carbons (Fsp3) is 0.222. The number of nitrogens with zero attached hydrogens (tertiary/aromatic N) is 2. The van der Waals surface area contributed by atoms with Gasteiger partial charge in [-0.2, -0.15) is 0 Å². The molecule has 0 aliphatic carbocycles. The first kappa shape index (κ1) is 17.7. The molecule has 2 atom stereocenters. The van der Waals surface area contributed by atoms with Gasteiger partial charge in [-0.3, -0.25) is 9.59 Å². The summed E-state index contributed by atoms with van der Waals surface area (Å²) in [6, 6.07) is 11.2. The predicted octanol–water partition coefficient (Wildman–Crippen LogP) is 3.91. The second-order valence-electron chi connectivity index (χ2n) is 5.85. The van der Waals surface area contributed by atoms with E-state index in [1.165, 1.54) is 23.1 Å². The van der Waals surface area contributed by atoms with E-state index in [1.807, 2.05) is 41.8 Å². The van der Waals surface area contributed by atoms with Gasteiger partial charge in [0.05, 0.1) is 22.2 Å². The molecule has 0 fully saturated rings. The third-order valence-electron chi connectivity index (χ3n) is 3.89. The molecule has 4 rings (SSSR count). The number of thioether (sulfide) groups is 1. The van der Waals surface area contributed by atoms with Crippen molar-refractivity contribution in [3.8, 4) is 10.8 Å². The number of carbonyl (C=O) groups excluding carboxylic acids is 2. The summed E-state index contributed by atoms with van der Waals surface area (Å²) in [5.41, 5.74) is 0.762. The number of aromatic nitrogens is 2. The number of esters is 1. The third-order valence-corrected chi connectivity index (χ3v) is 6.02. The van der Waals surface area contributed by atoms with Gasteiger partial charge in [0.2, 0.25) is 5.91 Å². The van der Waals surface area contributed by atoms with Gasteiger partial charge in [0.15, 0.2) is 6.10 Å². The summed E-state index contributed by atoms with van der Waals surface area (Å²) in [7, 11) is 0. The molecule has 0 saturated carbocycles. The zero-order valence-corrected chi connectivity index (χ0v) is 15.9. The predicted molar refractivity (Wildman–Crippen MR) is 101 cm³/mol. The van der Waals surface area contributed by atoms with Gasteiger partial charge >= 0.3 is 5.97 Å². The minimum atomic E-state index is -0.692. The van der Waals surface area contributed by atoms with E-state index in [0.29, 0.717) is 5.89 Å². The molecule has 7 nitrogen and oxygen atoms in total. The van der Waals surface area contributed by atoms with Gasteiger partial charge in [0, 0.05) is 4.90 Å². The van der Waals surface area contributed by atoms with Crippen LogP contribution in [0.3, 0.4) is 0 Å². The molecule has 0 radical (unpaired) electrons. The largest absolute Gasteiger partial charge is 0.453 e. The van der Waals surface area contributed by atoms with Crippen LogP contribution < -0.4 is 5.32 Å². The van der Waals surface area contributed by atoms with Gasteiger partial charge in [-0.1, -0.05) is 18.2 Å². The fourth-order valence-electron chi connectivity index (χ4n) is 2.57. The Morgan fingerprint density at radius 1 is 1.30 bits per heavy atom. The van der Waals surface area contributed by atoms with Crippen molar-refractivity contribution >= 4 is 40.7 Å². The Kier molecular flexibility index (Phi) is 4.95. The van der Waals surface area contributed by atoms with Crippen molar-refractivity contribution < 1.29 is 18.7 Å². The highest BCUT2D eigenvalue weighted by molar-refractivity contribution is 8.01. The lowest BCUT2D eigenvalue weighted by Crippen LogP contribution is -2.31. The van der Waals surface area contributed by atoms with E-state index in [2.05, 4.69) is 15.5 Å². The molecule has 1 amide bonds. The van der Waals surface area contributed by atoms with E-state index in [9.17, 15) is 9.59 Å². The summed E-state index contributed by atoms with van der Waals surface area (Å²) in [6.45, 7) is 1.66. The van der Waals surface area contributed by atoms with Crippen molar-refractivity contribution in [3.05, 3.63) is 47.7 Å². The van der Waals surface area contributed by atoms with Crippen molar-refractivity contribution in [3.63, 3.8) is 0 Å². The number of fused-ring (bicyclic) bond motifs is 1. The summed E-state index contributed by atoms with van der Waals surface area (Å²) in [5.74, 6) is -0.0916. The van der Waals surface area contributed by atoms with Gasteiger partial charge in [-0.05, 0) is 30.5 Å². The molecule has 27 heavy (non-hydrogen) atoms. The van der Waals surface area contributed by atoms with Crippen LogP contribution in [0.2, 0.25) is 0 Å². The van der Waals surface area contributed by atoms with Crippen LogP contribution in [0.1, 0.15) is 25.3 Å². The van der Waals surface area contributed by atoms with Gasteiger partial charge < -0.3 is 14.5 Å². The molecule has 0 spiro atoms. The average Bonchev–Trinajstić information content (AvgIpc) is 3.34. The first-order chi connectivity index (χ1) is 13.1. The molecular formula is C18H15N3O4S2. The smallest absolute Gasteiger partial charge is 0.308 e. The fourth-order valence-corrected chi connectivity index (χ4v) is 4.31. The minimum absolute atomic E-state index is 0.0406. The van der Waals surface area contributed by atoms with Crippen molar-refractivity contribution in [2.24, 2.45) is 0 Å². The van der Waals surface area contributed by atoms with Gasteiger partial charge in [0.25, 0.3) is 11.8 Å². The quantitative estimate of drug-likeness (QED) is 0.648. The van der Waals surface area contributed by atoms with Crippen LogP contribution in [-0.2, 0) is 14.3 Å². The second-order valence-corrected chi connectivity index (χ2v) is 8.04. The number of thiophene rings is 1. The molecule has 3 aromatic rings. The molecule has 0 unspecified atom stereocenters.